The Balaban J connectivity index is -0.0000000733. The van der Waals surface area contributed by atoms with Gasteiger partial charge in [-0.05, 0) is 6.92 Å². The summed E-state index contributed by atoms with van der Waals surface area (Å²) >= 11 is 0. The minimum Gasteiger partial charge on any atom is -0.741 e. The molecule has 5 nitrogen and oxygen atoms in total. The van der Waals surface area contributed by atoms with Crippen LogP contribution < -0.4 is 5.11 Å². The molecule has 0 aliphatic carbocycles. The van der Waals surface area contributed by atoms with Crippen molar-refractivity contribution in [2.75, 3.05) is 0 Å². The molecule has 11 heteroatoms. The molecule has 0 aromatic heterocycles. The zero-order valence-electron chi connectivity index (χ0n) is 6.34. The van der Waals surface area contributed by atoms with E-state index in [-0.39, 0.29) is 34.1 Å². The Morgan fingerprint density at radius 2 is 1.29 bits per heavy atom. The summed E-state index contributed by atoms with van der Waals surface area (Å²) in [5.74, 6) is -1.08. The molecule has 0 aromatic rings. The van der Waals surface area contributed by atoms with Crippen LogP contribution in [0.4, 0.5) is 13.2 Å². The molecule has 0 aromatic carbocycles. The van der Waals surface area contributed by atoms with Crippen LogP contribution >= 0.6 is 0 Å². The van der Waals surface area contributed by atoms with Crippen molar-refractivity contribution >= 4 is 16.1 Å². The van der Waals surface area contributed by atoms with Crippen LogP contribution in [0.5, 0.6) is 0 Å². The van der Waals surface area contributed by atoms with Gasteiger partial charge >= 0.3 is 39.6 Å². The number of alkyl halides is 3. The van der Waals surface area contributed by atoms with Crippen molar-refractivity contribution in [2.45, 2.75) is 12.4 Å². The SMILES string of the molecule is CC(=O)[O-].O=S(=O)([O-])C(F)(F)F.[Mn+2].[Mn+2]. The molecule has 0 rings (SSSR count). The van der Waals surface area contributed by atoms with Crippen LogP contribution in [0.3, 0.4) is 0 Å². The van der Waals surface area contributed by atoms with Gasteiger partial charge in [-0.1, -0.05) is 0 Å². The smallest absolute Gasteiger partial charge is 0.741 e. The van der Waals surface area contributed by atoms with Gasteiger partial charge in [0.2, 0.25) is 0 Å². The number of carboxylic acid groups (broad SMARTS) is 1. The van der Waals surface area contributed by atoms with Crippen LogP contribution in [0.25, 0.3) is 0 Å². The molecule has 0 heterocycles. The Labute approximate surface area is 98.7 Å². The van der Waals surface area contributed by atoms with Gasteiger partial charge in [0.1, 0.15) is 0 Å². The quantitative estimate of drug-likeness (QED) is 0.318. The molecule has 2 radical (unpaired) electrons. The van der Waals surface area contributed by atoms with E-state index in [4.69, 9.17) is 22.9 Å². The number of carbonyl (C=O) groups is 1. The molecular formula is C3H3F3Mn2O5S+2. The van der Waals surface area contributed by atoms with E-state index in [1.165, 1.54) is 0 Å². The van der Waals surface area contributed by atoms with E-state index in [0.29, 0.717) is 0 Å². The number of carboxylic acids is 1. The van der Waals surface area contributed by atoms with Crippen LogP contribution in [0.2, 0.25) is 0 Å². The molecule has 84 valence electrons. The summed E-state index contributed by atoms with van der Waals surface area (Å²) in [4.78, 5) is 8.89. The number of carbonyl (C=O) groups excluding carboxylic acids is 1. The third kappa shape index (κ3) is 18.1. The molecule has 0 fully saturated rings. The molecular weight excluding hydrogens is 315 g/mol. The monoisotopic (exact) mass is 318 g/mol. The molecule has 0 atom stereocenters. The molecule has 0 bridgehead atoms. The summed E-state index contributed by atoms with van der Waals surface area (Å²) in [6.45, 7) is 0.972. The number of halogens is 3. The predicted octanol–water partition coefficient (Wildman–Crippen LogP) is -1.20. The summed E-state index contributed by atoms with van der Waals surface area (Å²) < 4.78 is 58.9. The molecule has 0 amide bonds. The standard InChI is InChI=1S/C2H4O2.CHF3O3S.2Mn/c1-2(3)4;2-1(3,4)8(5,6)7;;/h1H3,(H,3,4);(H,5,6,7);;/q;;2*+2/p-2. The van der Waals surface area contributed by atoms with Crippen molar-refractivity contribution in [3.8, 4) is 0 Å². The molecule has 0 spiro atoms. The second-order valence-electron chi connectivity index (χ2n) is 1.39. The first kappa shape index (κ1) is 23.8. The van der Waals surface area contributed by atoms with Crippen LogP contribution in [0.1, 0.15) is 6.92 Å². The summed E-state index contributed by atoms with van der Waals surface area (Å²) in [6.07, 6.45) is 0. The summed E-state index contributed by atoms with van der Waals surface area (Å²) in [6, 6.07) is 0. The van der Waals surface area contributed by atoms with Crippen molar-refractivity contribution in [2.24, 2.45) is 0 Å². The molecule has 0 unspecified atom stereocenters. The Bertz CT molecular complexity index is 243. The average Bonchev–Trinajstić information content (AvgIpc) is 1.55. The zero-order valence-corrected chi connectivity index (χ0v) is 9.52. The second-order valence-corrected chi connectivity index (χ2v) is 2.76. The summed E-state index contributed by atoms with van der Waals surface area (Å²) in [5, 5.41) is 8.89. The van der Waals surface area contributed by atoms with Gasteiger partial charge in [-0.25, -0.2) is 8.42 Å². The largest absolute Gasteiger partial charge is 2.00 e. The second kappa shape index (κ2) is 8.51. The summed E-state index contributed by atoms with van der Waals surface area (Å²) in [7, 11) is -6.09. The number of hydrogen-bond acceptors (Lipinski definition) is 5. The van der Waals surface area contributed by atoms with Crippen molar-refractivity contribution in [1.82, 2.24) is 0 Å². The van der Waals surface area contributed by atoms with E-state index >= 15 is 0 Å². The fourth-order valence-electron chi connectivity index (χ4n) is 0. The maximum Gasteiger partial charge on any atom is 2.00 e. The normalized spacial score (nSPS) is 9.79. The van der Waals surface area contributed by atoms with Crippen LogP contribution in [-0.2, 0) is 49.1 Å². The Morgan fingerprint density at radius 1 is 1.21 bits per heavy atom. The first-order valence-electron chi connectivity index (χ1n) is 2.18. The maximum absolute atomic E-state index is 10.7. The molecule has 0 saturated carbocycles. The third-order valence-corrected chi connectivity index (χ3v) is 0.850. The van der Waals surface area contributed by atoms with Gasteiger partial charge in [0.05, 0.1) is 0 Å². The zero-order chi connectivity index (χ0) is 10.6. The molecule has 14 heavy (non-hydrogen) atoms. The third-order valence-electron chi connectivity index (χ3n) is 0.283. The van der Waals surface area contributed by atoms with Crippen LogP contribution in [0.15, 0.2) is 0 Å². The van der Waals surface area contributed by atoms with Crippen molar-refractivity contribution in [3.63, 3.8) is 0 Å². The van der Waals surface area contributed by atoms with Crippen molar-refractivity contribution in [3.05, 3.63) is 0 Å². The van der Waals surface area contributed by atoms with E-state index in [2.05, 4.69) is 0 Å². The minimum atomic E-state index is -6.09. The number of rotatable bonds is 0. The number of aliphatic carboxylic acids is 1. The molecule has 0 aliphatic heterocycles. The van der Waals surface area contributed by atoms with Gasteiger partial charge in [0, 0.05) is 5.97 Å². The topological polar surface area (TPSA) is 97.3 Å². The van der Waals surface area contributed by atoms with E-state index in [9.17, 15) is 13.2 Å². The van der Waals surface area contributed by atoms with Gasteiger partial charge in [0.15, 0.2) is 10.1 Å². The fraction of sp³-hybridized carbons (Fsp3) is 0.667. The van der Waals surface area contributed by atoms with Gasteiger partial charge in [0.25, 0.3) is 0 Å². The van der Waals surface area contributed by atoms with Gasteiger partial charge < -0.3 is 14.5 Å². The van der Waals surface area contributed by atoms with E-state index in [1.807, 2.05) is 0 Å². The van der Waals surface area contributed by atoms with Gasteiger partial charge in [-0.3, -0.25) is 0 Å². The van der Waals surface area contributed by atoms with E-state index in [0.717, 1.165) is 6.92 Å². The Hall–Kier alpha value is 0.209. The Kier molecular flexibility index (Phi) is 14.5. The maximum atomic E-state index is 10.7. The molecule has 0 N–H and O–H groups in total. The molecule has 0 saturated heterocycles. The fourth-order valence-corrected chi connectivity index (χ4v) is 0. The van der Waals surface area contributed by atoms with Crippen molar-refractivity contribution < 1.29 is 70.2 Å². The van der Waals surface area contributed by atoms with Gasteiger partial charge in [-0.2, -0.15) is 13.2 Å². The van der Waals surface area contributed by atoms with Gasteiger partial charge in [-0.15, -0.1) is 0 Å². The predicted molar refractivity (Wildman–Crippen MR) is 26.4 cm³/mol. The minimum absolute atomic E-state index is 0. The average molecular weight is 318 g/mol. The van der Waals surface area contributed by atoms with Crippen LogP contribution in [0, 0.1) is 0 Å². The van der Waals surface area contributed by atoms with Crippen LogP contribution in [-0.4, -0.2) is 24.4 Å². The number of hydrogen-bond donors (Lipinski definition) is 0. The van der Waals surface area contributed by atoms with Crippen molar-refractivity contribution in [1.29, 1.82) is 0 Å². The Morgan fingerprint density at radius 3 is 1.29 bits per heavy atom. The van der Waals surface area contributed by atoms with E-state index < -0.39 is 21.6 Å². The van der Waals surface area contributed by atoms with E-state index in [1.54, 1.807) is 0 Å². The summed E-state index contributed by atoms with van der Waals surface area (Å²) in [5.41, 5.74) is -5.65. The first-order chi connectivity index (χ1) is 4.98. The molecule has 0 aliphatic rings. The first-order valence-corrected chi connectivity index (χ1v) is 3.59.